The van der Waals surface area contributed by atoms with Gasteiger partial charge >= 0.3 is 5.97 Å². The zero-order chi connectivity index (χ0) is 46.5. The number of nitrogens with one attached hydrogen (secondary N) is 2. The van der Waals surface area contributed by atoms with E-state index in [9.17, 15) is 29.4 Å². The normalized spacial score (nSPS) is 17.5. The van der Waals surface area contributed by atoms with Gasteiger partial charge in [-0.1, -0.05) is 87.0 Å². The van der Waals surface area contributed by atoms with E-state index in [-0.39, 0.29) is 36.5 Å². The molecule has 5 heterocycles. The highest BCUT2D eigenvalue weighted by atomic mass is 35.5. The average Bonchev–Trinajstić information content (AvgIpc) is 4.03. The maximum atomic E-state index is 14.3. The van der Waals surface area contributed by atoms with Crippen LogP contribution in [-0.4, -0.2) is 89.0 Å². The highest BCUT2D eigenvalue weighted by Crippen LogP contribution is 2.40. The van der Waals surface area contributed by atoms with Crippen LogP contribution in [0.15, 0.2) is 77.2 Å². The van der Waals surface area contributed by atoms with E-state index in [1.54, 1.807) is 40.9 Å². The number of halogens is 1. The molecular formula is C48H49ClN8O6S2. The molecule has 6 aromatic rings. The Morgan fingerprint density at radius 1 is 0.923 bits per heavy atom. The van der Waals surface area contributed by atoms with E-state index in [0.717, 1.165) is 59.4 Å². The number of hydrogen-bond acceptors (Lipinski definition) is 11. The third-order valence-corrected chi connectivity index (χ3v) is 14.5. The molecule has 1 fully saturated rings. The van der Waals surface area contributed by atoms with Crippen molar-refractivity contribution in [2.45, 2.75) is 92.1 Å². The molecule has 8 rings (SSSR count). The van der Waals surface area contributed by atoms with Crippen LogP contribution in [0.1, 0.15) is 94.5 Å². The number of thiazole rings is 1. The van der Waals surface area contributed by atoms with E-state index < -0.39 is 53.3 Å². The fraction of sp³-hybridized carbons (Fsp3) is 0.333. The topological polar surface area (TPSA) is 192 Å². The lowest BCUT2D eigenvalue weighted by atomic mass is 9.85. The number of rotatable bonds is 11. The largest absolute Gasteiger partial charge is 0.481 e. The Labute approximate surface area is 389 Å². The maximum Gasteiger partial charge on any atom is 0.306 e. The standard InChI is InChI=1S/C48H49ClN8O6S2/c1-24-26(3)65-47-39(24)40(52-36(20-38(59)60)43-55-54-27(4)57(43)47)30-14-12-29(13-15-30)32-16-17-34(35(49)18-32)44(61)53-42(48(5,6)7)46(63)56-22-33(58)19-37(56)45(62)50-21-28-8-10-31(11-9-28)41-25(2)51-23-64-41/h8-18,23,33,36-37,42,58H,19-22H2,1-7H3,(H,50,62)(H,53,61)(H,59,60)/t33-,36+,37+,42-/m1/s1. The first-order valence-corrected chi connectivity index (χ1v) is 23.3. The number of nitrogens with zero attached hydrogens (tertiary/aromatic N) is 6. The lowest BCUT2D eigenvalue weighted by Gasteiger charge is -2.35. The van der Waals surface area contributed by atoms with Gasteiger partial charge in [0.2, 0.25) is 11.8 Å². The van der Waals surface area contributed by atoms with Gasteiger partial charge in [0.1, 0.15) is 29.0 Å². The number of β-amino-alcohol motifs (C(OH)–C–C–N with tert-alkyl or cyclic N) is 1. The first kappa shape index (κ1) is 45.5. The van der Waals surface area contributed by atoms with Crippen LogP contribution in [0.3, 0.4) is 0 Å². The summed E-state index contributed by atoms with van der Waals surface area (Å²) >= 11 is 9.97. The summed E-state index contributed by atoms with van der Waals surface area (Å²) < 4.78 is 1.92. The summed E-state index contributed by atoms with van der Waals surface area (Å²) in [7, 11) is 0. The Morgan fingerprint density at radius 2 is 1.60 bits per heavy atom. The molecule has 2 aliphatic heterocycles. The van der Waals surface area contributed by atoms with Crippen LogP contribution >= 0.6 is 34.3 Å². The van der Waals surface area contributed by atoms with E-state index in [2.05, 4.69) is 25.8 Å². The molecule has 0 radical (unpaired) electrons. The number of fused-ring (bicyclic) bond motifs is 3. The minimum Gasteiger partial charge on any atom is -0.481 e. The van der Waals surface area contributed by atoms with Gasteiger partial charge in [-0.2, -0.15) is 0 Å². The maximum absolute atomic E-state index is 14.3. The van der Waals surface area contributed by atoms with Crippen molar-refractivity contribution in [2.24, 2.45) is 10.4 Å². The van der Waals surface area contributed by atoms with Gasteiger partial charge in [0, 0.05) is 35.5 Å². The molecule has 14 nitrogen and oxygen atoms in total. The van der Waals surface area contributed by atoms with Crippen LogP contribution < -0.4 is 10.6 Å². The molecule has 0 aliphatic carbocycles. The number of amides is 3. The quantitative estimate of drug-likeness (QED) is 0.100. The number of benzene rings is 3. The number of aliphatic hydroxyl groups excluding tert-OH is 1. The Balaban J connectivity index is 0.973. The number of carboxylic acid groups (broad SMARTS) is 1. The van der Waals surface area contributed by atoms with E-state index >= 15 is 0 Å². The van der Waals surface area contributed by atoms with Crippen molar-refractivity contribution in [3.8, 4) is 26.6 Å². The average molecular weight is 934 g/mol. The van der Waals surface area contributed by atoms with Gasteiger partial charge in [-0.15, -0.1) is 32.9 Å². The monoisotopic (exact) mass is 932 g/mol. The number of hydrogen-bond donors (Lipinski definition) is 4. The highest BCUT2D eigenvalue weighted by Gasteiger charge is 2.45. The van der Waals surface area contributed by atoms with Crippen LogP contribution in [0.2, 0.25) is 5.02 Å². The third kappa shape index (κ3) is 9.12. The number of carbonyl (C=O) groups excluding carboxylic acids is 3. The van der Waals surface area contributed by atoms with Gasteiger partial charge in [0.05, 0.1) is 44.9 Å². The summed E-state index contributed by atoms with van der Waals surface area (Å²) in [5.41, 5.74) is 9.02. The molecule has 2 aliphatic rings. The van der Waals surface area contributed by atoms with Gasteiger partial charge in [-0.3, -0.25) is 28.7 Å². The van der Waals surface area contributed by atoms with E-state index in [1.807, 2.05) is 107 Å². The number of aliphatic carboxylic acids is 1. The number of aliphatic hydroxyl groups is 1. The summed E-state index contributed by atoms with van der Waals surface area (Å²) in [5, 5.41) is 36.0. The number of likely N-dealkylation sites (tertiary alicyclic amines) is 1. The third-order valence-electron chi connectivity index (χ3n) is 12.0. The van der Waals surface area contributed by atoms with Crippen molar-refractivity contribution >= 4 is 63.7 Å². The molecule has 17 heteroatoms. The zero-order valence-electron chi connectivity index (χ0n) is 37.0. The summed E-state index contributed by atoms with van der Waals surface area (Å²) in [6.07, 6.45) is -1.09. The van der Waals surface area contributed by atoms with Crippen molar-refractivity contribution in [1.82, 2.24) is 35.3 Å². The van der Waals surface area contributed by atoms with Gasteiger partial charge in [0.15, 0.2) is 5.82 Å². The second kappa shape index (κ2) is 18.1. The van der Waals surface area contributed by atoms with E-state index in [1.165, 1.54) is 4.90 Å². The molecule has 3 aromatic heterocycles. The predicted octanol–water partition coefficient (Wildman–Crippen LogP) is 7.80. The van der Waals surface area contributed by atoms with Crippen molar-refractivity contribution in [2.75, 3.05) is 6.54 Å². The van der Waals surface area contributed by atoms with Crippen LogP contribution in [0.4, 0.5) is 0 Å². The number of thiophene rings is 1. The van der Waals surface area contributed by atoms with Crippen LogP contribution in [0.25, 0.3) is 26.6 Å². The van der Waals surface area contributed by atoms with E-state index in [0.29, 0.717) is 17.4 Å². The van der Waals surface area contributed by atoms with Gasteiger partial charge in [-0.05, 0) is 73.1 Å². The van der Waals surface area contributed by atoms with Crippen molar-refractivity contribution in [3.63, 3.8) is 0 Å². The Hall–Kier alpha value is -6.07. The first-order valence-electron chi connectivity index (χ1n) is 21.2. The molecule has 0 bridgehead atoms. The summed E-state index contributed by atoms with van der Waals surface area (Å²) in [4.78, 5) is 66.7. The molecular weight excluding hydrogens is 884 g/mol. The number of carbonyl (C=O) groups is 4. The molecule has 0 saturated carbocycles. The molecule has 336 valence electrons. The number of carboxylic acids is 1. The van der Waals surface area contributed by atoms with Gasteiger partial charge in [0.25, 0.3) is 5.91 Å². The summed E-state index contributed by atoms with van der Waals surface area (Å²) in [6, 6.07) is 17.9. The molecule has 4 atom stereocenters. The summed E-state index contributed by atoms with van der Waals surface area (Å²) in [6.45, 7) is 13.5. The lowest BCUT2D eigenvalue weighted by molar-refractivity contribution is -0.142. The minimum absolute atomic E-state index is 0.0529. The summed E-state index contributed by atoms with van der Waals surface area (Å²) in [5.74, 6) is -1.30. The van der Waals surface area contributed by atoms with Gasteiger partial charge < -0.3 is 25.7 Å². The second-order valence-electron chi connectivity index (χ2n) is 17.6. The minimum atomic E-state index is -1.06. The van der Waals surface area contributed by atoms with Crippen molar-refractivity contribution in [3.05, 3.63) is 127 Å². The molecule has 0 spiro atoms. The van der Waals surface area contributed by atoms with Crippen LogP contribution in [0.5, 0.6) is 0 Å². The molecule has 3 amide bonds. The van der Waals surface area contributed by atoms with Crippen LogP contribution in [0, 0.1) is 33.1 Å². The molecule has 65 heavy (non-hydrogen) atoms. The predicted molar refractivity (Wildman–Crippen MR) is 252 cm³/mol. The zero-order valence-corrected chi connectivity index (χ0v) is 39.4. The van der Waals surface area contributed by atoms with E-state index in [4.69, 9.17) is 16.6 Å². The fourth-order valence-corrected chi connectivity index (χ4v) is 10.7. The Kier molecular flexibility index (Phi) is 12.6. The number of aliphatic imine (C=N–C) groups is 1. The van der Waals surface area contributed by atoms with Crippen LogP contribution in [-0.2, 0) is 20.9 Å². The van der Waals surface area contributed by atoms with Crippen molar-refractivity contribution < 1.29 is 29.4 Å². The first-order chi connectivity index (χ1) is 30.9. The fourth-order valence-electron chi connectivity index (χ4n) is 8.38. The molecule has 1 saturated heterocycles. The second-order valence-corrected chi connectivity index (χ2v) is 20.1. The van der Waals surface area contributed by atoms with Gasteiger partial charge in [-0.25, -0.2) is 4.98 Å². The highest BCUT2D eigenvalue weighted by molar-refractivity contribution is 7.15. The van der Waals surface area contributed by atoms with Crippen molar-refractivity contribution in [1.29, 1.82) is 0 Å². The number of aryl methyl sites for hydroxylation is 3. The molecule has 4 N–H and O–H groups in total. The number of aromatic nitrogens is 4. The SMILES string of the molecule is Cc1ncsc1-c1ccc(CNC(=O)[C@@H]2C[C@@H](O)CN2C(=O)[C@@H](NC(=O)c2ccc(-c3ccc(C4=N[C@@H](CC(=O)O)c5nnc(C)n5-c5sc(C)c(C)c54)cc3)cc2Cl)C(C)(C)C)cc1. The molecule has 0 unspecified atom stereocenters. The molecule has 3 aromatic carbocycles. The Bertz CT molecular complexity index is 2860. The lowest BCUT2D eigenvalue weighted by Crippen LogP contribution is -2.57. The Morgan fingerprint density at radius 3 is 2.25 bits per heavy atom. The smallest absolute Gasteiger partial charge is 0.306 e.